The molecule has 0 saturated carbocycles. The van der Waals surface area contributed by atoms with Crippen molar-refractivity contribution in [3.05, 3.63) is 35.0 Å². The van der Waals surface area contributed by atoms with Gasteiger partial charge in [0.2, 0.25) is 5.95 Å². The lowest BCUT2D eigenvalue weighted by Gasteiger charge is -2.32. The Kier molecular flexibility index (Phi) is 6.34. The van der Waals surface area contributed by atoms with Crippen molar-refractivity contribution in [2.75, 3.05) is 25.1 Å². The van der Waals surface area contributed by atoms with Gasteiger partial charge in [-0.05, 0) is 39.8 Å². The van der Waals surface area contributed by atoms with Gasteiger partial charge >= 0.3 is 0 Å². The molecule has 0 amide bonds. The Morgan fingerprint density at radius 3 is 2.61 bits per heavy atom. The number of hydrogen-bond donors (Lipinski definition) is 3. The van der Waals surface area contributed by atoms with Gasteiger partial charge in [0, 0.05) is 44.2 Å². The molecular formula is C23H29ClFN5O3. The topological polar surface area (TPSA) is 105 Å². The molecule has 0 radical (unpaired) electrons. The van der Waals surface area contributed by atoms with Crippen molar-refractivity contribution >= 4 is 28.6 Å². The first-order valence-electron chi connectivity index (χ1n) is 11.0. The number of rotatable bonds is 6. The van der Waals surface area contributed by atoms with Crippen LogP contribution in [0, 0.1) is 5.82 Å². The molecule has 0 bridgehead atoms. The summed E-state index contributed by atoms with van der Waals surface area (Å²) in [7, 11) is 0. The number of fused-ring (bicyclic) bond motifs is 1. The third-order valence-corrected chi connectivity index (χ3v) is 6.11. The number of benzene rings is 1. The second-order valence-electron chi connectivity index (χ2n) is 9.36. The van der Waals surface area contributed by atoms with Crippen molar-refractivity contribution in [2.24, 2.45) is 0 Å². The van der Waals surface area contributed by atoms with Crippen LogP contribution in [0.1, 0.15) is 52.4 Å². The van der Waals surface area contributed by atoms with Crippen LogP contribution < -0.4 is 5.32 Å². The van der Waals surface area contributed by atoms with Crippen molar-refractivity contribution in [3.8, 4) is 11.3 Å². The predicted molar refractivity (Wildman–Crippen MR) is 125 cm³/mol. The number of aromatic nitrogens is 4. The Balaban J connectivity index is 1.74. The molecule has 1 fully saturated rings. The van der Waals surface area contributed by atoms with E-state index in [0.717, 1.165) is 0 Å². The third-order valence-electron chi connectivity index (χ3n) is 5.83. The van der Waals surface area contributed by atoms with Crippen LogP contribution in [0.3, 0.4) is 0 Å². The zero-order valence-electron chi connectivity index (χ0n) is 19.2. The van der Waals surface area contributed by atoms with E-state index in [1.807, 2.05) is 18.4 Å². The van der Waals surface area contributed by atoms with Crippen molar-refractivity contribution < 1.29 is 19.3 Å². The molecule has 1 aliphatic rings. The number of nitrogens with one attached hydrogen (secondary N) is 1. The second kappa shape index (κ2) is 8.79. The van der Waals surface area contributed by atoms with Gasteiger partial charge in [0.05, 0.1) is 28.0 Å². The van der Waals surface area contributed by atoms with Crippen molar-refractivity contribution in [3.63, 3.8) is 0 Å². The summed E-state index contributed by atoms with van der Waals surface area (Å²) in [6.45, 7) is 8.40. The lowest BCUT2D eigenvalue weighted by atomic mass is 9.94. The Labute approximate surface area is 196 Å². The molecule has 3 N–H and O–H groups in total. The van der Waals surface area contributed by atoms with Gasteiger partial charge in [-0.1, -0.05) is 11.6 Å². The molecule has 2 aromatic heterocycles. The highest BCUT2D eigenvalue weighted by Crippen LogP contribution is 2.34. The molecule has 8 nitrogen and oxygen atoms in total. The SMILES string of the molecule is CC(C)n1c(C(C)(C)O)nc2c(F)cc(-c3nc(NCC4(O)CCOCC4)ncc3Cl)cc21. The molecule has 1 saturated heterocycles. The quantitative estimate of drug-likeness (QED) is 0.492. The molecule has 0 unspecified atom stereocenters. The van der Waals surface area contributed by atoms with Crippen LogP contribution >= 0.6 is 11.6 Å². The summed E-state index contributed by atoms with van der Waals surface area (Å²) in [5.41, 5.74) is -0.611. The highest BCUT2D eigenvalue weighted by molar-refractivity contribution is 6.33. The van der Waals surface area contributed by atoms with E-state index in [-0.39, 0.29) is 29.1 Å². The number of aliphatic hydroxyl groups is 2. The highest BCUT2D eigenvalue weighted by Gasteiger charge is 2.30. The summed E-state index contributed by atoms with van der Waals surface area (Å²) in [4.78, 5) is 13.1. The normalized spacial score (nSPS) is 16.5. The fourth-order valence-corrected chi connectivity index (χ4v) is 4.27. The molecule has 178 valence electrons. The molecule has 1 aromatic carbocycles. The van der Waals surface area contributed by atoms with E-state index in [1.54, 1.807) is 19.9 Å². The minimum Gasteiger partial charge on any atom is -0.388 e. The molecule has 1 aliphatic heterocycles. The van der Waals surface area contributed by atoms with Gasteiger partial charge in [-0.3, -0.25) is 0 Å². The Bertz CT molecular complexity index is 1170. The average Bonchev–Trinajstić information content (AvgIpc) is 3.15. The minimum atomic E-state index is -1.25. The number of nitrogens with zero attached hydrogens (tertiary/aromatic N) is 4. The highest BCUT2D eigenvalue weighted by atomic mass is 35.5. The first-order chi connectivity index (χ1) is 15.5. The molecule has 10 heteroatoms. The maximum Gasteiger partial charge on any atom is 0.223 e. The number of anilines is 1. The second-order valence-corrected chi connectivity index (χ2v) is 9.77. The molecule has 4 rings (SSSR count). The van der Waals surface area contributed by atoms with Gasteiger partial charge in [0.1, 0.15) is 16.9 Å². The van der Waals surface area contributed by atoms with E-state index in [0.29, 0.717) is 48.7 Å². The van der Waals surface area contributed by atoms with E-state index in [4.69, 9.17) is 16.3 Å². The third kappa shape index (κ3) is 4.82. The van der Waals surface area contributed by atoms with Crippen LogP contribution in [0.5, 0.6) is 0 Å². The first kappa shape index (κ1) is 23.8. The summed E-state index contributed by atoms with van der Waals surface area (Å²) in [6.07, 6.45) is 2.49. The molecule has 33 heavy (non-hydrogen) atoms. The standard InChI is InChI=1S/C23H29ClFN5O3/c1-13(2)30-17-10-14(9-16(25)19(17)28-20(30)22(3,4)31)18-15(24)11-26-21(29-18)27-12-23(32)5-7-33-8-6-23/h9-11,13,31-32H,5-8,12H2,1-4H3,(H,26,27,29). The summed E-state index contributed by atoms with van der Waals surface area (Å²) in [5.74, 6) is 0.127. The van der Waals surface area contributed by atoms with Gasteiger partial charge in [-0.2, -0.15) is 0 Å². The summed E-state index contributed by atoms with van der Waals surface area (Å²) < 4.78 is 22.3. The Hall–Kier alpha value is -2.33. The Morgan fingerprint density at radius 1 is 1.27 bits per heavy atom. The summed E-state index contributed by atoms with van der Waals surface area (Å²) >= 11 is 6.39. The van der Waals surface area contributed by atoms with Crippen LogP contribution in [-0.2, 0) is 10.3 Å². The minimum absolute atomic E-state index is 0.0654. The monoisotopic (exact) mass is 477 g/mol. The molecule has 3 aromatic rings. The Morgan fingerprint density at radius 2 is 1.97 bits per heavy atom. The van der Waals surface area contributed by atoms with Crippen LogP contribution in [-0.4, -0.2) is 55.1 Å². The summed E-state index contributed by atoms with van der Waals surface area (Å²) in [5, 5.41) is 24.6. The van der Waals surface area contributed by atoms with Gasteiger partial charge in [0.15, 0.2) is 5.82 Å². The fourth-order valence-electron chi connectivity index (χ4n) is 4.07. The largest absolute Gasteiger partial charge is 0.388 e. The van der Waals surface area contributed by atoms with E-state index < -0.39 is 17.0 Å². The van der Waals surface area contributed by atoms with Crippen LogP contribution in [0.4, 0.5) is 10.3 Å². The smallest absolute Gasteiger partial charge is 0.223 e. The van der Waals surface area contributed by atoms with Crippen molar-refractivity contribution in [2.45, 2.75) is 57.8 Å². The maximum atomic E-state index is 15.1. The van der Waals surface area contributed by atoms with Gasteiger partial charge in [0.25, 0.3) is 0 Å². The fraction of sp³-hybridized carbons (Fsp3) is 0.522. The van der Waals surface area contributed by atoms with Crippen LogP contribution in [0.15, 0.2) is 18.3 Å². The van der Waals surface area contributed by atoms with E-state index in [9.17, 15) is 10.2 Å². The first-order valence-corrected chi connectivity index (χ1v) is 11.4. The predicted octanol–water partition coefficient (Wildman–Crippen LogP) is 4.05. The number of hydrogen-bond acceptors (Lipinski definition) is 7. The number of imidazole rings is 1. The zero-order valence-corrected chi connectivity index (χ0v) is 19.9. The zero-order chi connectivity index (χ0) is 24.0. The van der Waals surface area contributed by atoms with Gasteiger partial charge < -0.3 is 24.8 Å². The van der Waals surface area contributed by atoms with Crippen molar-refractivity contribution in [1.82, 2.24) is 19.5 Å². The number of ether oxygens (including phenoxy) is 1. The molecule has 0 spiro atoms. The molecule has 0 atom stereocenters. The van der Waals surface area contributed by atoms with Gasteiger partial charge in [-0.15, -0.1) is 0 Å². The van der Waals surface area contributed by atoms with Crippen LogP contribution in [0.2, 0.25) is 5.02 Å². The lowest BCUT2D eigenvalue weighted by molar-refractivity contribution is -0.0544. The van der Waals surface area contributed by atoms with Crippen molar-refractivity contribution in [1.29, 1.82) is 0 Å². The molecular weight excluding hydrogens is 449 g/mol. The van der Waals surface area contributed by atoms with E-state index in [2.05, 4.69) is 20.3 Å². The van der Waals surface area contributed by atoms with E-state index in [1.165, 1.54) is 12.3 Å². The average molecular weight is 478 g/mol. The van der Waals surface area contributed by atoms with Gasteiger partial charge in [-0.25, -0.2) is 19.3 Å². The molecule has 3 heterocycles. The van der Waals surface area contributed by atoms with E-state index >= 15 is 4.39 Å². The maximum absolute atomic E-state index is 15.1. The van der Waals surface area contributed by atoms with Crippen LogP contribution in [0.25, 0.3) is 22.3 Å². The summed E-state index contributed by atoms with van der Waals surface area (Å²) in [6, 6.07) is 3.03. The lowest BCUT2D eigenvalue weighted by Crippen LogP contribution is -2.42. The number of halogens is 2. The molecule has 0 aliphatic carbocycles.